The lowest BCUT2D eigenvalue weighted by Crippen LogP contribution is -2.44. The Hall–Kier alpha value is -2.33. The molecule has 146 valence electrons. The molecule has 3 rings (SSSR count). The minimum absolute atomic E-state index is 0.120. The first-order valence-electron chi connectivity index (χ1n) is 9.05. The minimum Gasteiger partial charge on any atom is -0.326 e. The number of nitrogens with zero attached hydrogens (tertiary/aromatic N) is 5. The Morgan fingerprint density at radius 2 is 2.19 bits per heavy atom. The smallest absolute Gasteiger partial charge is 0.228 e. The van der Waals surface area contributed by atoms with E-state index in [9.17, 15) is 13.2 Å². The number of carbonyl (C=O) groups excluding carboxylic acids is 1. The maximum absolute atomic E-state index is 12.7. The predicted molar refractivity (Wildman–Crippen MR) is 101 cm³/mol. The van der Waals surface area contributed by atoms with Gasteiger partial charge < -0.3 is 5.32 Å². The lowest BCUT2D eigenvalue weighted by atomic mass is 9.98. The number of piperidine rings is 1. The number of anilines is 1. The number of nitrogens with one attached hydrogen (secondary N) is 1. The summed E-state index contributed by atoms with van der Waals surface area (Å²) < 4.78 is 27.6. The first-order chi connectivity index (χ1) is 12.9. The first-order valence-corrected chi connectivity index (χ1v) is 10.7. The number of hydrogen-bond acceptors (Lipinski definition) is 6. The van der Waals surface area contributed by atoms with Gasteiger partial charge in [-0.1, -0.05) is 13.0 Å². The molecule has 1 fully saturated rings. The molecule has 1 amide bonds. The third-order valence-electron chi connectivity index (χ3n) is 4.59. The van der Waals surface area contributed by atoms with Gasteiger partial charge in [-0.15, -0.1) is 5.10 Å². The molecule has 1 aromatic heterocycles. The van der Waals surface area contributed by atoms with Crippen molar-refractivity contribution in [2.24, 2.45) is 5.92 Å². The highest BCUT2D eigenvalue weighted by Crippen LogP contribution is 2.22. The molecule has 1 aromatic carbocycles. The van der Waals surface area contributed by atoms with E-state index in [-0.39, 0.29) is 24.1 Å². The van der Waals surface area contributed by atoms with Gasteiger partial charge in [0.2, 0.25) is 15.9 Å². The van der Waals surface area contributed by atoms with Crippen LogP contribution in [-0.2, 0) is 14.8 Å². The number of amides is 1. The van der Waals surface area contributed by atoms with Crippen LogP contribution in [-0.4, -0.2) is 57.7 Å². The molecule has 1 atom stereocenters. The number of aryl methyl sites for hydroxylation is 1. The van der Waals surface area contributed by atoms with E-state index < -0.39 is 10.0 Å². The lowest BCUT2D eigenvalue weighted by Gasteiger charge is -2.31. The van der Waals surface area contributed by atoms with E-state index in [0.29, 0.717) is 37.3 Å². The van der Waals surface area contributed by atoms with Gasteiger partial charge >= 0.3 is 0 Å². The second-order valence-corrected chi connectivity index (χ2v) is 8.78. The number of carbonyl (C=O) groups is 1. The summed E-state index contributed by atoms with van der Waals surface area (Å²) in [4.78, 5) is 12.7. The van der Waals surface area contributed by atoms with Crippen LogP contribution in [0.4, 0.5) is 5.69 Å². The molecule has 0 aliphatic carbocycles. The summed E-state index contributed by atoms with van der Waals surface area (Å²) in [5.74, 6) is 0.234. The van der Waals surface area contributed by atoms with Gasteiger partial charge in [0, 0.05) is 18.8 Å². The largest absolute Gasteiger partial charge is 0.326 e. The van der Waals surface area contributed by atoms with Crippen LogP contribution < -0.4 is 5.32 Å². The minimum atomic E-state index is -3.29. The molecular formula is C17H24N6O3S. The van der Waals surface area contributed by atoms with Crippen LogP contribution in [0.25, 0.3) is 5.69 Å². The van der Waals surface area contributed by atoms with Gasteiger partial charge in [-0.2, -0.15) is 4.68 Å². The van der Waals surface area contributed by atoms with E-state index in [1.165, 1.54) is 4.31 Å². The lowest BCUT2D eigenvalue weighted by molar-refractivity contribution is -0.120. The average molecular weight is 392 g/mol. The van der Waals surface area contributed by atoms with Crippen LogP contribution in [0.5, 0.6) is 0 Å². The Labute approximate surface area is 158 Å². The topological polar surface area (TPSA) is 110 Å². The molecule has 1 unspecified atom stereocenters. The molecular weight excluding hydrogens is 368 g/mol. The number of hydrogen-bond donors (Lipinski definition) is 1. The molecule has 0 spiro atoms. The highest BCUT2D eigenvalue weighted by molar-refractivity contribution is 7.89. The van der Waals surface area contributed by atoms with Crippen molar-refractivity contribution >= 4 is 21.6 Å². The normalized spacial score (nSPS) is 18.4. The molecule has 0 radical (unpaired) electrons. The molecule has 9 nitrogen and oxygen atoms in total. The standard InChI is InChI=1S/C17H24N6O3S/c1-3-10-27(25,26)22-9-5-6-14(12-22)17(24)18-15-7-4-8-16(11-15)23-13(2)19-20-21-23/h4,7-8,11,14H,3,5-6,9-10,12H2,1-2H3,(H,18,24). The summed E-state index contributed by atoms with van der Waals surface area (Å²) in [7, 11) is -3.29. The summed E-state index contributed by atoms with van der Waals surface area (Å²) in [5.41, 5.74) is 1.37. The van der Waals surface area contributed by atoms with Gasteiger partial charge in [-0.05, 0) is 54.8 Å². The summed E-state index contributed by atoms with van der Waals surface area (Å²) in [6.45, 7) is 4.35. The third-order valence-corrected chi connectivity index (χ3v) is 6.64. The summed E-state index contributed by atoms with van der Waals surface area (Å²) >= 11 is 0. The van der Waals surface area contributed by atoms with Crippen LogP contribution in [0.1, 0.15) is 32.0 Å². The Morgan fingerprint density at radius 3 is 2.89 bits per heavy atom. The van der Waals surface area contributed by atoms with Gasteiger partial charge in [-0.3, -0.25) is 4.79 Å². The van der Waals surface area contributed by atoms with Crippen molar-refractivity contribution in [3.63, 3.8) is 0 Å². The fraction of sp³-hybridized carbons (Fsp3) is 0.529. The number of sulfonamides is 1. The number of rotatable bonds is 6. The van der Waals surface area contributed by atoms with Crippen LogP contribution in [0.3, 0.4) is 0 Å². The van der Waals surface area contributed by atoms with E-state index in [4.69, 9.17) is 0 Å². The second-order valence-electron chi connectivity index (χ2n) is 6.69. The molecule has 1 aliphatic rings. The average Bonchev–Trinajstić information content (AvgIpc) is 3.08. The first kappa shape index (κ1) is 19.4. The molecule has 0 saturated carbocycles. The molecule has 27 heavy (non-hydrogen) atoms. The summed E-state index contributed by atoms with van der Waals surface area (Å²) in [6, 6.07) is 7.23. The Balaban J connectivity index is 1.69. The number of benzene rings is 1. The van der Waals surface area contributed by atoms with Gasteiger partial charge in [0.25, 0.3) is 0 Å². The van der Waals surface area contributed by atoms with Gasteiger partial charge in [0.15, 0.2) is 5.82 Å². The van der Waals surface area contributed by atoms with Crippen LogP contribution in [0.15, 0.2) is 24.3 Å². The highest BCUT2D eigenvalue weighted by atomic mass is 32.2. The van der Waals surface area contributed by atoms with E-state index in [1.807, 2.05) is 19.1 Å². The molecule has 0 bridgehead atoms. The maximum atomic E-state index is 12.7. The SMILES string of the molecule is CCCS(=O)(=O)N1CCCC(C(=O)Nc2cccc(-n3nnnc3C)c2)C1. The van der Waals surface area contributed by atoms with E-state index in [1.54, 1.807) is 23.7 Å². The predicted octanol–water partition coefficient (Wildman–Crippen LogP) is 1.36. The van der Waals surface area contributed by atoms with Crippen molar-refractivity contribution in [1.29, 1.82) is 0 Å². The highest BCUT2D eigenvalue weighted by Gasteiger charge is 2.31. The Bertz CT molecular complexity index is 911. The summed E-state index contributed by atoms with van der Waals surface area (Å²) in [5, 5.41) is 14.3. The van der Waals surface area contributed by atoms with Crippen LogP contribution >= 0.6 is 0 Å². The fourth-order valence-corrected chi connectivity index (χ4v) is 4.81. The van der Waals surface area contributed by atoms with E-state index >= 15 is 0 Å². The van der Waals surface area contributed by atoms with Gasteiger partial charge in [0.1, 0.15) is 0 Å². The zero-order chi connectivity index (χ0) is 19.4. The van der Waals surface area contributed by atoms with Crippen molar-refractivity contribution < 1.29 is 13.2 Å². The number of tetrazole rings is 1. The molecule has 2 heterocycles. The van der Waals surface area contributed by atoms with Crippen molar-refractivity contribution in [2.45, 2.75) is 33.1 Å². The van der Waals surface area contributed by atoms with Crippen LogP contribution in [0, 0.1) is 12.8 Å². The van der Waals surface area contributed by atoms with Crippen LogP contribution in [0.2, 0.25) is 0 Å². The quantitative estimate of drug-likeness (QED) is 0.795. The maximum Gasteiger partial charge on any atom is 0.228 e. The fourth-order valence-electron chi connectivity index (χ4n) is 3.23. The molecule has 1 saturated heterocycles. The second kappa shape index (κ2) is 8.13. The zero-order valence-corrected chi connectivity index (χ0v) is 16.3. The van der Waals surface area contributed by atoms with Crippen molar-refractivity contribution in [1.82, 2.24) is 24.5 Å². The van der Waals surface area contributed by atoms with Crippen molar-refractivity contribution in [2.75, 3.05) is 24.2 Å². The van der Waals surface area contributed by atoms with Crippen molar-refractivity contribution in [3.8, 4) is 5.69 Å². The Kier molecular flexibility index (Phi) is 5.85. The molecule has 1 aliphatic heterocycles. The molecule has 1 N–H and O–H groups in total. The van der Waals surface area contributed by atoms with E-state index in [0.717, 1.165) is 5.69 Å². The Morgan fingerprint density at radius 1 is 1.37 bits per heavy atom. The van der Waals surface area contributed by atoms with Gasteiger partial charge in [-0.25, -0.2) is 12.7 Å². The van der Waals surface area contributed by atoms with E-state index in [2.05, 4.69) is 20.8 Å². The third kappa shape index (κ3) is 4.51. The summed E-state index contributed by atoms with van der Waals surface area (Å²) in [6.07, 6.45) is 1.93. The zero-order valence-electron chi connectivity index (χ0n) is 15.5. The number of aromatic nitrogens is 4. The van der Waals surface area contributed by atoms with Gasteiger partial charge in [0.05, 0.1) is 17.4 Å². The monoisotopic (exact) mass is 392 g/mol. The molecule has 10 heteroatoms. The van der Waals surface area contributed by atoms with Crippen molar-refractivity contribution in [3.05, 3.63) is 30.1 Å². The molecule has 2 aromatic rings.